The molecule has 0 aromatic heterocycles. The van der Waals surface area contributed by atoms with Crippen LogP contribution in [0.15, 0.2) is 0 Å². The minimum Gasteiger partial charge on any atom is -0.312 e. The molecule has 0 radical (unpaired) electrons. The number of hydrogen-bond acceptors (Lipinski definition) is 2. The van der Waals surface area contributed by atoms with E-state index in [1.54, 1.807) is 0 Å². The predicted molar refractivity (Wildman–Crippen MR) is 87.7 cm³/mol. The molecule has 116 valence electrons. The van der Waals surface area contributed by atoms with Crippen LogP contribution in [-0.4, -0.2) is 35.6 Å². The molecule has 0 aliphatic heterocycles. The van der Waals surface area contributed by atoms with Gasteiger partial charge in [-0.05, 0) is 66.5 Å². The summed E-state index contributed by atoms with van der Waals surface area (Å²) in [6.45, 7) is 20.8. The molecule has 0 rings (SSSR count). The Labute approximate surface area is 122 Å². The van der Waals surface area contributed by atoms with E-state index >= 15 is 0 Å². The summed E-state index contributed by atoms with van der Waals surface area (Å²) in [6.07, 6.45) is 3.84. The molecular formula is C17H38N2. The maximum Gasteiger partial charge on any atom is 0.0107 e. The third-order valence-corrected chi connectivity index (χ3v) is 4.23. The van der Waals surface area contributed by atoms with Gasteiger partial charge in [0.25, 0.3) is 0 Å². The molecule has 0 fully saturated rings. The van der Waals surface area contributed by atoms with Crippen LogP contribution in [0.4, 0.5) is 0 Å². The van der Waals surface area contributed by atoms with E-state index in [-0.39, 0.29) is 5.54 Å². The van der Waals surface area contributed by atoms with E-state index in [0.29, 0.717) is 18.0 Å². The monoisotopic (exact) mass is 270 g/mol. The van der Waals surface area contributed by atoms with Crippen molar-refractivity contribution in [2.24, 2.45) is 5.92 Å². The topological polar surface area (TPSA) is 15.3 Å². The van der Waals surface area contributed by atoms with Crippen molar-refractivity contribution in [1.29, 1.82) is 0 Å². The average molecular weight is 271 g/mol. The van der Waals surface area contributed by atoms with Crippen molar-refractivity contribution in [3.63, 3.8) is 0 Å². The molecule has 0 aliphatic carbocycles. The van der Waals surface area contributed by atoms with E-state index < -0.39 is 0 Å². The van der Waals surface area contributed by atoms with Crippen molar-refractivity contribution >= 4 is 0 Å². The van der Waals surface area contributed by atoms with Crippen LogP contribution in [0.1, 0.15) is 74.7 Å². The summed E-state index contributed by atoms with van der Waals surface area (Å²) in [5.41, 5.74) is 0.221. The van der Waals surface area contributed by atoms with Gasteiger partial charge >= 0.3 is 0 Å². The van der Waals surface area contributed by atoms with Gasteiger partial charge in [-0.15, -0.1) is 0 Å². The molecule has 0 heterocycles. The van der Waals surface area contributed by atoms with Crippen LogP contribution in [0.2, 0.25) is 0 Å². The number of hydrogen-bond donors (Lipinski definition) is 1. The van der Waals surface area contributed by atoms with Gasteiger partial charge in [-0.25, -0.2) is 0 Å². The molecule has 19 heavy (non-hydrogen) atoms. The second-order valence-corrected chi connectivity index (χ2v) is 7.20. The van der Waals surface area contributed by atoms with E-state index in [2.05, 4.69) is 65.6 Å². The molecule has 2 heteroatoms. The zero-order chi connectivity index (χ0) is 15.1. The Hall–Kier alpha value is -0.0800. The fraction of sp³-hybridized carbons (Fsp3) is 1.00. The normalized spacial score (nSPS) is 17.5. The van der Waals surface area contributed by atoms with Crippen molar-refractivity contribution < 1.29 is 0 Å². The maximum atomic E-state index is 3.64. The van der Waals surface area contributed by atoms with Crippen LogP contribution < -0.4 is 5.32 Å². The summed E-state index contributed by atoms with van der Waals surface area (Å²) in [6, 6.07) is 1.34. The van der Waals surface area contributed by atoms with Crippen LogP contribution in [0, 0.1) is 5.92 Å². The Balaban J connectivity index is 4.46. The highest BCUT2D eigenvalue weighted by atomic mass is 15.2. The number of unbranched alkanes of at least 4 members (excludes halogenated alkanes) is 1. The summed E-state index contributed by atoms with van der Waals surface area (Å²) in [5.74, 6) is 0.685. The molecule has 0 aromatic rings. The molecule has 3 unspecified atom stereocenters. The third-order valence-electron chi connectivity index (χ3n) is 4.23. The Morgan fingerprint density at radius 3 is 2.05 bits per heavy atom. The second-order valence-electron chi connectivity index (χ2n) is 7.20. The van der Waals surface area contributed by atoms with E-state index in [4.69, 9.17) is 0 Å². The lowest BCUT2D eigenvalue weighted by atomic mass is 9.97. The lowest BCUT2D eigenvalue weighted by Crippen LogP contribution is -2.48. The van der Waals surface area contributed by atoms with Crippen LogP contribution in [0.3, 0.4) is 0 Å². The Morgan fingerprint density at radius 2 is 1.63 bits per heavy atom. The van der Waals surface area contributed by atoms with Gasteiger partial charge in [0.05, 0.1) is 0 Å². The van der Waals surface area contributed by atoms with E-state index in [1.807, 2.05) is 0 Å². The highest BCUT2D eigenvalue weighted by Crippen LogP contribution is 2.17. The molecular weight excluding hydrogens is 232 g/mol. The Kier molecular flexibility index (Phi) is 8.93. The molecule has 0 saturated carbocycles. The molecule has 0 saturated heterocycles. The molecule has 0 spiro atoms. The van der Waals surface area contributed by atoms with E-state index in [0.717, 1.165) is 6.54 Å². The van der Waals surface area contributed by atoms with Crippen molar-refractivity contribution in [3.05, 3.63) is 0 Å². The first kappa shape index (κ1) is 18.9. The fourth-order valence-corrected chi connectivity index (χ4v) is 2.37. The molecule has 1 N–H and O–H groups in total. The van der Waals surface area contributed by atoms with Gasteiger partial charge in [0.1, 0.15) is 0 Å². The van der Waals surface area contributed by atoms with Gasteiger partial charge in [-0.3, -0.25) is 4.90 Å². The predicted octanol–water partition coefficient (Wildman–Crippen LogP) is 4.30. The van der Waals surface area contributed by atoms with Gasteiger partial charge in [-0.2, -0.15) is 0 Å². The Bertz CT molecular complexity index is 220. The molecule has 0 bridgehead atoms. The zero-order valence-electron chi connectivity index (χ0n) is 14.7. The van der Waals surface area contributed by atoms with Crippen LogP contribution >= 0.6 is 0 Å². The quantitative estimate of drug-likeness (QED) is 0.672. The van der Waals surface area contributed by atoms with Gasteiger partial charge < -0.3 is 5.32 Å². The first-order valence-electron chi connectivity index (χ1n) is 8.23. The van der Waals surface area contributed by atoms with Crippen LogP contribution in [0.5, 0.6) is 0 Å². The average Bonchev–Trinajstić information content (AvgIpc) is 2.34. The summed E-state index contributed by atoms with van der Waals surface area (Å²) in [4.78, 5) is 2.71. The van der Waals surface area contributed by atoms with Crippen molar-refractivity contribution in [2.45, 2.75) is 92.3 Å². The van der Waals surface area contributed by atoms with Gasteiger partial charge in [0.2, 0.25) is 0 Å². The minimum absolute atomic E-state index is 0.221. The molecule has 0 amide bonds. The number of rotatable bonds is 9. The highest BCUT2D eigenvalue weighted by molar-refractivity contribution is 4.80. The fourth-order valence-electron chi connectivity index (χ4n) is 2.37. The summed E-state index contributed by atoms with van der Waals surface area (Å²) in [5, 5.41) is 3.64. The largest absolute Gasteiger partial charge is 0.312 e. The molecule has 3 atom stereocenters. The molecule has 0 aliphatic rings. The van der Waals surface area contributed by atoms with E-state index in [9.17, 15) is 0 Å². The summed E-state index contributed by atoms with van der Waals surface area (Å²) in [7, 11) is 0. The minimum atomic E-state index is 0.221. The summed E-state index contributed by atoms with van der Waals surface area (Å²) >= 11 is 0. The van der Waals surface area contributed by atoms with Gasteiger partial charge in [0, 0.05) is 17.6 Å². The first-order valence-corrected chi connectivity index (χ1v) is 8.23. The smallest absolute Gasteiger partial charge is 0.0107 e. The number of nitrogens with one attached hydrogen (secondary N) is 1. The first-order chi connectivity index (χ1) is 8.72. The Morgan fingerprint density at radius 1 is 1.05 bits per heavy atom. The third kappa shape index (κ3) is 7.94. The van der Waals surface area contributed by atoms with Crippen LogP contribution in [-0.2, 0) is 0 Å². The number of nitrogens with zero attached hydrogens (tertiary/aromatic N) is 1. The van der Waals surface area contributed by atoms with Crippen molar-refractivity contribution in [1.82, 2.24) is 10.2 Å². The lowest BCUT2D eigenvalue weighted by Gasteiger charge is -2.38. The molecule has 2 nitrogen and oxygen atoms in total. The second kappa shape index (κ2) is 8.97. The van der Waals surface area contributed by atoms with Crippen molar-refractivity contribution in [3.8, 4) is 0 Å². The lowest BCUT2D eigenvalue weighted by molar-refractivity contribution is 0.107. The summed E-state index contributed by atoms with van der Waals surface area (Å²) < 4.78 is 0. The van der Waals surface area contributed by atoms with Gasteiger partial charge in [-0.1, -0.05) is 27.2 Å². The maximum absolute atomic E-state index is 3.64. The standard InChI is InChI=1S/C17H38N2/c1-9-11-12-19(15(4)10-2)16(5)14(3)13-18-17(6,7)8/h14-16,18H,9-13H2,1-8H3. The van der Waals surface area contributed by atoms with Gasteiger partial charge in [0.15, 0.2) is 0 Å². The van der Waals surface area contributed by atoms with Crippen molar-refractivity contribution in [2.75, 3.05) is 13.1 Å². The van der Waals surface area contributed by atoms with Crippen LogP contribution in [0.25, 0.3) is 0 Å². The highest BCUT2D eigenvalue weighted by Gasteiger charge is 2.24. The van der Waals surface area contributed by atoms with E-state index in [1.165, 1.54) is 25.8 Å². The molecule has 0 aromatic carbocycles. The zero-order valence-corrected chi connectivity index (χ0v) is 14.7. The SMILES string of the molecule is CCCCN(C(C)CC)C(C)C(C)CNC(C)(C)C.